The Morgan fingerprint density at radius 1 is 1.35 bits per heavy atom. The van der Waals surface area contributed by atoms with Crippen LogP contribution in [0.2, 0.25) is 0 Å². The van der Waals surface area contributed by atoms with Crippen LogP contribution in [-0.4, -0.2) is 48.4 Å². The molecule has 2 N–H and O–H groups in total. The van der Waals surface area contributed by atoms with Gasteiger partial charge in [0.15, 0.2) is 0 Å². The van der Waals surface area contributed by atoms with Gasteiger partial charge in [-0.1, -0.05) is 18.2 Å². The molecule has 0 unspecified atom stereocenters. The summed E-state index contributed by atoms with van der Waals surface area (Å²) in [5, 5.41) is 12.1. The monoisotopic (exact) mass is 314 g/mol. The van der Waals surface area contributed by atoms with E-state index < -0.39 is 0 Å². The van der Waals surface area contributed by atoms with E-state index in [1.165, 1.54) is 11.3 Å². The Kier molecular flexibility index (Phi) is 4.92. The number of aromatic nitrogens is 2. The predicted octanol–water partition coefficient (Wildman–Crippen LogP) is 1.88. The van der Waals surface area contributed by atoms with Gasteiger partial charge in [-0.15, -0.1) is 0 Å². The number of nitrogens with one attached hydrogen (secondary N) is 1. The molecule has 0 radical (unpaired) electrons. The summed E-state index contributed by atoms with van der Waals surface area (Å²) in [6.45, 7) is 2.05. The lowest BCUT2D eigenvalue weighted by molar-refractivity contribution is 0.196. The largest absolute Gasteiger partial charge is 0.474 e. The second-order valence-corrected chi connectivity index (χ2v) is 5.66. The molecule has 0 spiro atoms. The lowest BCUT2D eigenvalue weighted by Crippen LogP contribution is -2.29. The van der Waals surface area contributed by atoms with E-state index in [2.05, 4.69) is 51.5 Å². The van der Waals surface area contributed by atoms with Gasteiger partial charge < -0.3 is 20.1 Å². The second kappa shape index (κ2) is 7.28. The van der Waals surface area contributed by atoms with Crippen molar-refractivity contribution < 1.29 is 9.84 Å². The van der Waals surface area contributed by atoms with Crippen LogP contribution in [0.5, 0.6) is 5.88 Å². The Balaban J connectivity index is 1.66. The average molecular weight is 314 g/mol. The number of fused-ring (bicyclic) bond motifs is 1. The van der Waals surface area contributed by atoms with E-state index in [9.17, 15) is 0 Å². The standard InChI is InChI=1S/C17H22N4O2/c1-21-7-6-13(14-4-2-3-5-15(14)21)10-19-16-11-18-12-17(20-16)23-9-8-22/h2-5,11-13,22H,6-10H2,1H3,(H,19,20)/t13-/m0/s1. The van der Waals surface area contributed by atoms with Crippen molar-refractivity contribution in [3.05, 3.63) is 42.2 Å². The molecule has 1 aliphatic heterocycles. The molecule has 1 atom stereocenters. The number of aliphatic hydroxyl groups excluding tert-OH is 1. The highest BCUT2D eigenvalue weighted by Crippen LogP contribution is 2.34. The minimum atomic E-state index is -0.0360. The van der Waals surface area contributed by atoms with E-state index in [0.29, 0.717) is 17.6 Å². The summed E-state index contributed by atoms with van der Waals surface area (Å²) in [7, 11) is 2.13. The predicted molar refractivity (Wildman–Crippen MR) is 90.2 cm³/mol. The molecule has 0 bridgehead atoms. The van der Waals surface area contributed by atoms with Crippen LogP contribution in [0.15, 0.2) is 36.7 Å². The molecule has 0 saturated heterocycles. The van der Waals surface area contributed by atoms with Gasteiger partial charge in [0.2, 0.25) is 5.88 Å². The Hall–Kier alpha value is -2.34. The smallest absolute Gasteiger partial charge is 0.234 e. The van der Waals surface area contributed by atoms with Crippen LogP contribution in [0.4, 0.5) is 11.5 Å². The van der Waals surface area contributed by atoms with Gasteiger partial charge in [0.1, 0.15) is 12.4 Å². The third-order valence-corrected chi connectivity index (χ3v) is 4.08. The van der Waals surface area contributed by atoms with Crippen molar-refractivity contribution in [1.29, 1.82) is 0 Å². The first-order valence-electron chi connectivity index (χ1n) is 7.87. The van der Waals surface area contributed by atoms with E-state index in [0.717, 1.165) is 19.5 Å². The second-order valence-electron chi connectivity index (χ2n) is 5.66. The van der Waals surface area contributed by atoms with Crippen molar-refractivity contribution in [1.82, 2.24) is 9.97 Å². The summed E-state index contributed by atoms with van der Waals surface area (Å²) in [6.07, 6.45) is 4.34. The molecule has 6 nitrogen and oxygen atoms in total. The van der Waals surface area contributed by atoms with Crippen LogP contribution in [-0.2, 0) is 0 Å². The first-order valence-corrected chi connectivity index (χ1v) is 7.87. The number of benzene rings is 1. The summed E-state index contributed by atoms with van der Waals surface area (Å²) < 4.78 is 5.29. The third kappa shape index (κ3) is 3.71. The molecule has 2 aromatic rings. The van der Waals surface area contributed by atoms with E-state index >= 15 is 0 Å². The molecule has 1 aliphatic rings. The van der Waals surface area contributed by atoms with E-state index in [1.807, 2.05) is 0 Å². The van der Waals surface area contributed by atoms with Crippen molar-refractivity contribution in [2.45, 2.75) is 12.3 Å². The topological polar surface area (TPSA) is 70.5 Å². The Morgan fingerprint density at radius 2 is 2.22 bits per heavy atom. The van der Waals surface area contributed by atoms with Gasteiger partial charge in [-0.3, -0.25) is 4.98 Å². The summed E-state index contributed by atoms with van der Waals surface area (Å²) in [5.41, 5.74) is 2.67. The fourth-order valence-electron chi connectivity index (χ4n) is 2.90. The first-order chi connectivity index (χ1) is 11.3. The molecular formula is C17H22N4O2. The molecule has 1 aromatic carbocycles. The normalized spacial score (nSPS) is 16.8. The highest BCUT2D eigenvalue weighted by molar-refractivity contribution is 5.57. The van der Waals surface area contributed by atoms with E-state index in [4.69, 9.17) is 9.84 Å². The lowest BCUT2D eigenvalue weighted by atomic mass is 9.90. The molecular weight excluding hydrogens is 292 g/mol. The van der Waals surface area contributed by atoms with Crippen LogP contribution >= 0.6 is 0 Å². The van der Waals surface area contributed by atoms with Gasteiger partial charge in [0.25, 0.3) is 0 Å². The van der Waals surface area contributed by atoms with Crippen LogP contribution in [0.3, 0.4) is 0 Å². The zero-order valence-electron chi connectivity index (χ0n) is 13.3. The van der Waals surface area contributed by atoms with Crippen LogP contribution in [0.25, 0.3) is 0 Å². The molecule has 2 heterocycles. The minimum absolute atomic E-state index is 0.0360. The fraction of sp³-hybridized carbons (Fsp3) is 0.412. The van der Waals surface area contributed by atoms with Crippen molar-refractivity contribution in [3.63, 3.8) is 0 Å². The molecule has 0 saturated carbocycles. The summed E-state index contributed by atoms with van der Waals surface area (Å²) in [4.78, 5) is 10.8. The quantitative estimate of drug-likeness (QED) is 0.848. The SMILES string of the molecule is CN1CC[C@@H](CNc2cncc(OCCO)n2)c2ccccc21. The van der Waals surface area contributed by atoms with Crippen LogP contribution in [0.1, 0.15) is 17.9 Å². The molecule has 0 aliphatic carbocycles. The van der Waals surface area contributed by atoms with Crippen LogP contribution < -0.4 is 15.0 Å². The maximum absolute atomic E-state index is 8.79. The van der Waals surface area contributed by atoms with Gasteiger partial charge in [-0.05, 0) is 18.1 Å². The molecule has 1 aromatic heterocycles. The highest BCUT2D eigenvalue weighted by Gasteiger charge is 2.22. The summed E-state index contributed by atoms with van der Waals surface area (Å²) >= 11 is 0. The number of anilines is 2. The fourth-order valence-corrected chi connectivity index (χ4v) is 2.90. The number of rotatable bonds is 6. The lowest BCUT2D eigenvalue weighted by Gasteiger charge is -2.33. The highest BCUT2D eigenvalue weighted by atomic mass is 16.5. The first kappa shape index (κ1) is 15.6. The van der Waals surface area contributed by atoms with Gasteiger partial charge in [-0.2, -0.15) is 4.98 Å². The molecule has 3 rings (SSSR count). The molecule has 0 amide bonds. The van der Waals surface area contributed by atoms with Gasteiger partial charge >= 0.3 is 0 Å². The molecule has 122 valence electrons. The number of nitrogens with zero attached hydrogens (tertiary/aromatic N) is 3. The molecule has 23 heavy (non-hydrogen) atoms. The number of hydrogen-bond donors (Lipinski definition) is 2. The minimum Gasteiger partial charge on any atom is -0.474 e. The Labute approximate surface area is 136 Å². The van der Waals surface area contributed by atoms with Crippen molar-refractivity contribution in [2.24, 2.45) is 0 Å². The maximum Gasteiger partial charge on any atom is 0.234 e. The molecule has 0 fully saturated rings. The van der Waals surface area contributed by atoms with Gasteiger partial charge in [0, 0.05) is 31.7 Å². The van der Waals surface area contributed by atoms with Crippen molar-refractivity contribution in [3.8, 4) is 5.88 Å². The van der Waals surface area contributed by atoms with Crippen LogP contribution in [0, 0.1) is 0 Å². The number of ether oxygens (including phenoxy) is 1. The third-order valence-electron chi connectivity index (χ3n) is 4.08. The number of aliphatic hydroxyl groups is 1. The summed E-state index contributed by atoms with van der Waals surface area (Å²) in [6, 6.07) is 8.54. The van der Waals surface area contributed by atoms with E-state index in [-0.39, 0.29) is 13.2 Å². The van der Waals surface area contributed by atoms with Crippen molar-refractivity contribution in [2.75, 3.05) is 43.6 Å². The van der Waals surface area contributed by atoms with E-state index in [1.54, 1.807) is 12.4 Å². The van der Waals surface area contributed by atoms with Gasteiger partial charge in [-0.25, -0.2) is 0 Å². The van der Waals surface area contributed by atoms with Gasteiger partial charge in [0.05, 0.1) is 19.0 Å². The Morgan fingerprint density at radius 3 is 3.09 bits per heavy atom. The van der Waals surface area contributed by atoms with Crippen molar-refractivity contribution >= 4 is 11.5 Å². The molecule has 6 heteroatoms. The zero-order chi connectivity index (χ0) is 16.1. The zero-order valence-corrected chi connectivity index (χ0v) is 13.3. The maximum atomic E-state index is 8.79. The summed E-state index contributed by atoms with van der Waals surface area (Å²) in [5.74, 6) is 1.57. The number of hydrogen-bond acceptors (Lipinski definition) is 6. The average Bonchev–Trinajstić information content (AvgIpc) is 2.60. The number of para-hydroxylation sites is 1. The Bertz CT molecular complexity index is 650.